The molecule has 0 saturated carbocycles. The first-order valence-electron chi connectivity index (χ1n) is 6.55. The van der Waals surface area contributed by atoms with E-state index < -0.39 is 0 Å². The van der Waals surface area contributed by atoms with Gasteiger partial charge in [0.25, 0.3) is 0 Å². The second kappa shape index (κ2) is 7.44. The molecule has 0 fully saturated rings. The van der Waals surface area contributed by atoms with Gasteiger partial charge in [-0.05, 0) is 47.7 Å². The van der Waals surface area contributed by atoms with Crippen molar-refractivity contribution in [2.75, 3.05) is 20.3 Å². The molecule has 0 unspecified atom stereocenters. The van der Waals surface area contributed by atoms with Crippen LogP contribution in [-0.4, -0.2) is 40.5 Å². The standard InChI is InChI=1S/C13H19N5O2/c1-19-11-4-6-12(7-5-11)20-10-9-18-13(3-2-8-14)15-16-17-18/h4-7H,2-3,8-10,14H2,1H3. The summed E-state index contributed by atoms with van der Waals surface area (Å²) in [5.41, 5.74) is 5.48. The highest BCUT2D eigenvalue weighted by molar-refractivity contribution is 5.31. The van der Waals surface area contributed by atoms with E-state index in [1.165, 1.54) is 0 Å². The first-order valence-corrected chi connectivity index (χ1v) is 6.55. The average Bonchev–Trinajstić information content (AvgIpc) is 2.93. The van der Waals surface area contributed by atoms with Crippen molar-refractivity contribution in [3.63, 3.8) is 0 Å². The van der Waals surface area contributed by atoms with Gasteiger partial charge >= 0.3 is 0 Å². The summed E-state index contributed by atoms with van der Waals surface area (Å²) >= 11 is 0. The van der Waals surface area contributed by atoms with Gasteiger partial charge in [0.05, 0.1) is 13.7 Å². The maximum atomic E-state index is 5.64. The van der Waals surface area contributed by atoms with Crippen LogP contribution >= 0.6 is 0 Å². The van der Waals surface area contributed by atoms with Crippen LogP contribution in [0.2, 0.25) is 0 Å². The van der Waals surface area contributed by atoms with Gasteiger partial charge < -0.3 is 15.2 Å². The van der Waals surface area contributed by atoms with E-state index in [0.29, 0.717) is 19.7 Å². The summed E-state index contributed by atoms with van der Waals surface area (Å²) < 4.78 is 12.5. The maximum absolute atomic E-state index is 5.64. The fourth-order valence-corrected chi connectivity index (χ4v) is 1.76. The highest BCUT2D eigenvalue weighted by Gasteiger charge is 2.05. The van der Waals surface area contributed by atoms with E-state index in [2.05, 4.69) is 15.5 Å². The Hall–Kier alpha value is -2.15. The summed E-state index contributed by atoms with van der Waals surface area (Å²) in [5, 5.41) is 11.6. The molecular formula is C13H19N5O2. The van der Waals surface area contributed by atoms with Crippen LogP contribution in [0, 0.1) is 0 Å². The number of hydrogen-bond donors (Lipinski definition) is 1. The van der Waals surface area contributed by atoms with Gasteiger partial charge in [-0.25, -0.2) is 4.68 Å². The number of tetrazole rings is 1. The van der Waals surface area contributed by atoms with Gasteiger partial charge in [0, 0.05) is 6.42 Å². The molecule has 1 heterocycles. The van der Waals surface area contributed by atoms with E-state index in [1.807, 2.05) is 24.3 Å². The van der Waals surface area contributed by atoms with Crippen molar-refractivity contribution >= 4 is 0 Å². The SMILES string of the molecule is COc1ccc(OCCn2nnnc2CCCN)cc1. The molecule has 7 nitrogen and oxygen atoms in total. The number of aromatic nitrogens is 4. The Labute approximate surface area is 117 Å². The van der Waals surface area contributed by atoms with Gasteiger partial charge in [0.15, 0.2) is 5.82 Å². The molecule has 0 saturated heterocycles. The second-order valence-electron chi connectivity index (χ2n) is 4.23. The molecule has 0 atom stereocenters. The molecule has 0 amide bonds. The van der Waals surface area contributed by atoms with E-state index in [0.717, 1.165) is 30.2 Å². The van der Waals surface area contributed by atoms with Gasteiger partial charge in [-0.15, -0.1) is 5.10 Å². The number of benzene rings is 1. The van der Waals surface area contributed by atoms with Crippen LogP contribution in [0.25, 0.3) is 0 Å². The van der Waals surface area contributed by atoms with Crippen LogP contribution in [0.1, 0.15) is 12.2 Å². The number of nitrogens with two attached hydrogens (primary N) is 1. The Morgan fingerprint density at radius 2 is 1.95 bits per heavy atom. The van der Waals surface area contributed by atoms with E-state index in [-0.39, 0.29) is 0 Å². The lowest BCUT2D eigenvalue weighted by Crippen LogP contribution is -2.13. The molecule has 1 aromatic carbocycles. The molecule has 108 valence electrons. The summed E-state index contributed by atoms with van der Waals surface area (Å²) in [7, 11) is 1.64. The molecule has 0 aliphatic heterocycles. The van der Waals surface area contributed by atoms with Crippen molar-refractivity contribution in [2.24, 2.45) is 5.73 Å². The number of ether oxygens (including phenoxy) is 2. The van der Waals surface area contributed by atoms with Gasteiger partial charge in [-0.1, -0.05) is 0 Å². The lowest BCUT2D eigenvalue weighted by Gasteiger charge is -2.08. The molecule has 1 aromatic heterocycles. The third-order valence-corrected chi connectivity index (χ3v) is 2.84. The molecule has 0 spiro atoms. The number of rotatable bonds is 8. The van der Waals surface area contributed by atoms with Crippen LogP contribution in [-0.2, 0) is 13.0 Å². The fourth-order valence-electron chi connectivity index (χ4n) is 1.76. The Balaban J connectivity index is 1.81. The lowest BCUT2D eigenvalue weighted by atomic mass is 10.3. The Kier molecular flexibility index (Phi) is 5.31. The van der Waals surface area contributed by atoms with Crippen molar-refractivity contribution in [3.8, 4) is 11.5 Å². The fraction of sp³-hybridized carbons (Fsp3) is 0.462. The third-order valence-electron chi connectivity index (χ3n) is 2.84. The smallest absolute Gasteiger partial charge is 0.151 e. The maximum Gasteiger partial charge on any atom is 0.151 e. The van der Waals surface area contributed by atoms with Crippen LogP contribution in [0.5, 0.6) is 11.5 Å². The van der Waals surface area contributed by atoms with E-state index in [9.17, 15) is 0 Å². The summed E-state index contributed by atoms with van der Waals surface area (Å²) in [6.07, 6.45) is 1.66. The molecule has 0 aliphatic carbocycles. The molecule has 7 heteroatoms. The Morgan fingerprint density at radius 1 is 1.20 bits per heavy atom. The van der Waals surface area contributed by atoms with Gasteiger partial charge in [-0.3, -0.25) is 0 Å². The topological polar surface area (TPSA) is 88.1 Å². The largest absolute Gasteiger partial charge is 0.497 e. The van der Waals surface area contributed by atoms with Crippen LogP contribution in [0.15, 0.2) is 24.3 Å². The summed E-state index contributed by atoms with van der Waals surface area (Å²) in [6, 6.07) is 7.46. The van der Waals surface area contributed by atoms with Gasteiger partial charge in [-0.2, -0.15) is 0 Å². The first kappa shape index (κ1) is 14.3. The number of methoxy groups -OCH3 is 1. The third kappa shape index (κ3) is 3.92. The molecule has 2 aromatic rings. The van der Waals surface area contributed by atoms with Gasteiger partial charge in [0.2, 0.25) is 0 Å². The number of hydrogen-bond acceptors (Lipinski definition) is 6. The normalized spacial score (nSPS) is 10.5. The molecule has 0 radical (unpaired) electrons. The second-order valence-corrected chi connectivity index (χ2v) is 4.23. The van der Waals surface area contributed by atoms with Crippen LogP contribution < -0.4 is 15.2 Å². The summed E-state index contributed by atoms with van der Waals surface area (Å²) in [4.78, 5) is 0. The van der Waals surface area contributed by atoms with Crippen molar-refractivity contribution < 1.29 is 9.47 Å². The zero-order chi connectivity index (χ0) is 14.2. The zero-order valence-corrected chi connectivity index (χ0v) is 11.5. The first-order chi connectivity index (χ1) is 9.83. The lowest BCUT2D eigenvalue weighted by molar-refractivity contribution is 0.286. The van der Waals surface area contributed by atoms with Crippen molar-refractivity contribution in [1.82, 2.24) is 20.2 Å². The van der Waals surface area contributed by atoms with E-state index in [1.54, 1.807) is 11.8 Å². The average molecular weight is 277 g/mol. The Bertz CT molecular complexity index is 512. The summed E-state index contributed by atoms with van der Waals surface area (Å²) in [5.74, 6) is 2.44. The highest BCUT2D eigenvalue weighted by atomic mass is 16.5. The van der Waals surface area contributed by atoms with Crippen molar-refractivity contribution in [1.29, 1.82) is 0 Å². The molecule has 20 heavy (non-hydrogen) atoms. The minimum Gasteiger partial charge on any atom is -0.497 e. The quantitative estimate of drug-likeness (QED) is 0.762. The van der Waals surface area contributed by atoms with Crippen LogP contribution in [0.3, 0.4) is 0 Å². The van der Waals surface area contributed by atoms with E-state index in [4.69, 9.17) is 15.2 Å². The van der Waals surface area contributed by atoms with Crippen molar-refractivity contribution in [3.05, 3.63) is 30.1 Å². The van der Waals surface area contributed by atoms with E-state index >= 15 is 0 Å². The number of aryl methyl sites for hydroxylation is 1. The molecule has 2 N–H and O–H groups in total. The predicted octanol–water partition coefficient (Wildman–Crippen LogP) is 0.652. The minimum absolute atomic E-state index is 0.507. The minimum atomic E-state index is 0.507. The molecule has 0 bridgehead atoms. The highest BCUT2D eigenvalue weighted by Crippen LogP contribution is 2.16. The molecule has 2 rings (SSSR count). The van der Waals surface area contributed by atoms with Crippen molar-refractivity contribution in [2.45, 2.75) is 19.4 Å². The number of nitrogens with zero attached hydrogens (tertiary/aromatic N) is 4. The predicted molar refractivity (Wildman–Crippen MR) is 73.7 cm³/mol. The molecular weight excluding hydrogens is 258 g/mol. The van der Waals surface area contributed by atoms with Gasteiger partial charge in [0.1, 0.15) is 18.1 Å². The zero-order valence-electron chi connectivity index (χ0n) is 11.5. The van der Waals surface area contributed by atoms with Crippen LogP contribution in [0.4, 0.5) is 0 Å². The molecule has 0 aliphatic rings. The monoisotopic (exact) mass is 277 g/mol. The summed E-state index contributed by atoms with van der Waals surface area (Å²) in [6.45, 7) is 1.75. The Morgan fingerprint density at radius 3 is 2.65 bits per heavy atom.